The summed E-state index contributed by atoms with van der Waals surface area (Å²) in [5, 5.41) is 3.30. The Labute approximate surface area is 188 Å². The largest absolute Gasteiger partial charge is 0.330 e. The minimum Gasteiger partial charge on any atom is -0.330 e. The predicted octanol–water partition coefficient (Wildman–Crippen LogP) is 3.84. The van der Waals surface area contributed by atoms with Crippen LogP contribution in [0, 0.1) is 0 Å². The third-order valence-corrected chi connectivity index (χ3v) is 7.15. The summed E-state index contributed by atoms with van der Waals surface area (Å²) in [7, 11) is 4.32. The number of hydrogen-bond acceptors (Lipinski definition) is 5. The van der Waals surface area contributed by atoms with Gasteiger partial charge in [0.05, 0.1) is 30.2 Å². The summed E-state index contributed by atoms with van der Waals surface area (Å²) in [6.07, 6.45) is 10.8. The van der Waals surface area contributed by atoms with E-state index in [1.807, 2.05) is 12.1 Å². The molecule has 1 aliphatic heterocycles. The number of benzene rings is 1. The zero-order valence-electron chi connectivity index (χ0n) is 18.5. The molecule has 2 amide bonds. The van der Waals surface area contributed by atoms with E-state index in [0.717, 1.165) is 36.9 Å². The molecule has 164 valence electrons. The van der Waals surface area contributed by atoms with Gasteiger partial charge >= 0.3 is 6.03 Å². The average molecular weight is 429 g/mol. The highest BCUT2D eigenvalue weighted by molar-refractivity contribution is 5.95. The standard InChI is InChI=1S/C25H28N6O/c1-30(2)25(20-8-4-3-5-9-20)12-10-24(11-13-25)18-31(23(32)29-24)21-16-27-22(28-17-21)19-7-6-14-26-15-19/h3-9,14-17H,10-13,18H2,1-2H3,(H,29,32)/t24-,25+. The minimum atomic E-state index is -0.215. The Morgan fingerprint density at radius 2 is 1.66 bits per heavy atom. The molecule has 2 aliphatic rings. The van der Waals surface area contributed by atoms with Gasteiger partial charge in [0.1, 0.15) is 0 Å². The molecule has 5 rings (SSSR count). The number of nitrogens with zero attached hydrogens (tertiary/aromatic N) is 5. The fraction of sp³-hybridized carbons (Fsp3) is 0.360. The lowest BCUT2D eigenvalue weighted by Gasteiger charge is -2.48. The van der Waals surface area contributed by atoms with E-state index < -0.39 is 0 Å². The number of hydrogen-bond donors (Lipinski definition) is 1. The van der Waals surface area contributed by atoms with Crippen molar-refractivity contribution >= 4 is 11.7 Å². The predicted molar refractivity (Wildman–Crippen MR) is 124 cm³/mol. The zero-order valence-corrected chi connectivity index (χ0v) is 18.5. The lowest BCUT2D eigenvalue weighted by Crippen LogP contribution is -2.54. The van der Waals surface area contributed by atoms with E-state index in [0.29, 0.717) is 12.4 Å². The normalized spacial score (nSPS) is 25.3. The van der Waals surface area contributed by atoms with Crippen molar-refractivity contribution in [3.8, 4) is 11.4 Å². The monoisotopic (exact) mass is 428 g/mol. The van der Waals surface area contributed by atoms with E-state index in [2.05, 4.69) is 69.6 Å². The van der Waals surface area contributed by atoms with E-state index in [1.165, 1.54) is 5.56 Å². The molecule has 1 saturated heterocycles. The number of anilines is 1. The third-order valence-electron chi connectivity index (χ3n) is 7.15. The van der Waals surface area contributed by atoms with Crippen molar-refractivity contribution in [2.24, 2.45) is 0 Å². The van der Waals surface area contributed by atoms with Crippen LogP contribution in [0.2, 0.25) is 0 Å². The molecule has 0 radical (unpaired) electrons. The molecule has 2 aromatic heterocycles. The van der Waals surface area contributed by atoms with Crippen molar-refractivity contribution in [2.75, 3.05) is 25.5 Å². The number of rotatable bonds is 4. The van der Waals surface area contributed by atoms with Gasteiger partial charge in [-0.3, -0.25) is 14.8 Å². The lowest BCUT2D eigenvalue weighted by atomic mass is 9.69. The Hall–Kier alpha value is -3.32. The van der Waals surface area contributed by atoms with Crippen LogP contribution in [0.15, 0.2) is 67.3 Å². The van der Waals surface area contributed by atoms with Crippen molar-refractivity contribution < 1.29 is 4.79 Å². The molecule has 1 aliphatic carbocycles. The number of carbonyl (C=O) groups is 1. The van der Waals surface area contributed by atoms with Gasteiger partial charge in [-0.2, -0.15) is 0 Å². The number of aromatic nitrogens is 3. The summed E-state index contributed by atoms with van der Waals surface area (Å²) in [5.41, 5.74) is 2.71. The summed E-state index contributed by atoms with van der Waals surface area (Å²) < 4.78 is 0. The number of nitrogens with one attached hydrogen (secondary N) is 1. The lowest BCUT2D eigenvalue weighted by molar-refractivity contribution is 0.0658. The van der Waals surface area contributed by atoms with Crippen LogP contribution < -0.4 is 10.2 Å². The molecule has 1 saturated carbocycles. The van der Waals surface area contributed by atoms with Crippen LogP contribution in [0.1, 0.15) is 31.2 Å². The molecule has 3 aromatic rings. The minimum absolute atomic E-state index is 0.000857. The van der Waals surface area contributed by atoms with Crippen LogP contribution in [0.3, 0.4) is 0 Å². The highest BCUT2D eigenvalue weighted by atomic mass is 16.2. The second-order valence-corrected chi connectivity index (χ2v) is 9.10. The number of pyridine rings is 1. The third kappa shape index (κ3) is 3.52. The topological polar surface area (TPSA) is 74.2 Å². The highest BCUT2D eigenvalue weighted by Gasteiger charge is 2.50. The van der Waals surface area contributed by atoms with Gasteiger partial charge in [0.25, 0.3) is 0 Å². The van der Waals surface area contributed by atoms with Gasteiger partial charge in [0.15, 0.2) is 5.82 Å². The maximum absolute atomic E-state index is 12.9. The van der Waals surface area contributed by atoms with Gasteiger partial charge in [-0.1, -0.05) is 30.3 Å². The molecule has 0 bridgehead atoms. The van der Waals surface area contributed by atoms with E-state index >= 15 is 0 Å². The van der Waals surface area contributed by atoms with Gasteiger partial charge in [-0.15, -0.1) is 0 Å². The van der Waals surface area contributed by atoms with Crippen LogP contribution in [0.5, 0.6) is 0 Å². The van der Waals surface area contributed by atoms with Gasteiger partial charge in [0.2, 0.25) is 0 Å². The molecular weight excluding hydrogens is 400 g/mol. The molecule has 32 heavy (non-hydrogen) atoms. The van der Waals surface area contributed by atoms with E-state index in [4.69, 9.17) is 0 Å². The first-order chi connectivity index (χ1) is 15.5. The van der Waals surface area contributed by atoms with Crippen molar-refractivity contribution in [1.82, 2.24) is 25.2 Å². The zero-order chi connectivity index (χ0) is 22.2. The molecule has 1 aromatic carbocycles. The second kappa shape index (κ2) is 7.98. The van der Waals surface area contributed by atoms with Crippen LogP contribution in [0.4, 0.5) is 10.5 Å². The molecule has 1 N–H and O–H groups in total. The highest BCUT2D eigenvalue weighted by Crippen LogP contribution is 2.46. The first-order valence-electron chi connectivity index (χ1n) is 11.1. The van der Waals surface area contributed by atoms with E-state index in [-0.39, 0.29) is 17.1 Å². The molecule has 0 unspecified atom stereocenters. The van der Waals surface area contributed by atoms with Gasteiger partial charge in [-0.05, 0) is 57.5 Å². The molecule has 2 fully saturated rings. The summed E-state index contributed by atoms with van der Waals surface area (Å²) in [6.45, 7) is 0.639. The second-order valence-electron chi connectivity index (χ2n) is 9.10. The van der Waals surface area contributed by atoms with Crippen molar-refractivity contribution in [3.63, 3.8) is 0 Å². The Morgan fingerprint density at radius 3 is 2.28 bits per heavy atom. The van der Waals surface area contributed by atoms with Crippen molar-refractivity contribution in [3.05, 3.63) is 72.8 Å². The molecule has 3 heterocycles. The van der Waals surface area contributed by atoms with Crippen molar-refractivity contribution in [2.45, 2.75) is 36.8 Å². The SMILES string of the molecule is CN(C)[C@]1(c2ccccc2)CC[C@]2(CC1)CN(c1cnc(-c3cccnc3)nc1)C(=O)N2. The Kier molecular flexibility index (Phi) is 5.13. The van der Waals surface area contributed by atoms with Crippen molar-refractivity contribution in [1.29, 1.82) is 0 Å². The molecule has 7 heteroatoms. The molecular formula is C25H28N6O. The number of carbonyl (C=O) groups excluding carboxylic acids is 1. The first-order valence-corrected chi connectivity index (χ1v) is 11.1. The van der Waals surface area contributed by atoms with E-state index in [9.17, 15) is 4.79 Å². The van der Waals surface area contributed by atoms with Gasteiger partial charge < -0.3 is 5.32 Å². The Balaban J connectivity index is 1.33. The molecule has 1 spiro atoms. The first kappa shape index (κ1) is 20.6. The van der Waals surface area contributed by atoms with Gasteiger partial charge in [0, 0.05) is 23.5 Å². The average Bonchev–Trinajstić information content (AvgIpc) is 3.16. The van der Waals surface area contributed by atoms with Crippen LogP contribution in [-0.2, 0) is 5.54 Å². The van der Waals surface area contributed by atoms with Crippen LogP contribution in [0.25, 0.3) is 11.4 Å². The summed E-state index contributed by atoms with van der Waals surface area (Å²) in [5.74, 6) is 0.604. The molecule has 7 nitrogen and oxygen atoms in total. The smallest absolute Gasteiger partial charge is 0.322 e. The number of amides is 2. The summed E-state index contributed by atoms with van der Waals surface area (Å²) in [6, 6.07) is 14.4. The molecule has 0 atom stereocenters. The maximum Gasteiger partial charge on any atom is 0.322 e. The van der Waals surface area contributed by atoms with E-state index in [1.54, 1.807) is 29.7 Å². The Bertz CT molecular complexity index is 1080. The van der Waals surface area contributed by atoms with Crippen LogP contribution in [-0.4, -0.2) is 52.1 Å². The fourth-order valence-electron chi connectivity index (χ4n) is 5.19. The maximum atomic E-state index is 12.9. The quantitative estimate of drug-likeness (QED) is 0.684. The fourth-order valence-corrected chi connectivity index (χ4v) is 5.19. The van der Waals surface area contributed by atoms with Crippen LogP contribution >= 0.6 is 0 Å². The summed E-state index contributed by atoms with van der Waals surface area (Å²) >= 11 is 0. The van der Waals surface area contributed by atoms with Gasteiger partial charge in [-0.25, -0.2) is 14.8 Å². The summed E-state index contributed by atoms with van der Waals surface area (Å²) in [4.78, 5) is 30.1. The number of urea groups is 1. The Morgan fingerprint density at radius 1 is 0.938 bits per heavy atom.